The first kappa shape index (κ1) is 12.8. The van der Waals surface area contributed by atoms with Crippen molar-refractivity contribution in [2.75, 3.05) is 0 Å². The Kier molecular flexibility index (Phi) is 3.53. The van der Waals surface area contributed by atoms with Gasteiger partial charge in [0.25, 0.3) is 0 Å². The minimum atomic E-state index is -0.00910. The lowest BCUT2D eigenvalue weighted by atomic mass is 9.86. The maximum atomic E-state index is 6.19. The highest BCUT2D eigenvalue weighted by Gasteiger charge is 2.14. The minimum Gasteiger partial charge on any atom is -0.349 e. The Morgan fingerprint density at radius 3 is 2.39 bits per heavy atom. The number of hydrogen-bond donors (Lipinski definition) is 2. The van der Waals surface area contributed by atoms with E-state index in [-0.39, 0.29) is 11.5 Å². The van der Waals surface area contributed by atoms with Crippen LogP contribution in [-0.2, 0) is 11.8 Å². The molecule has 0 aliphatic rings. The summed E-state index contributed by atoms with van der Waals surface area (Å²) in [6.07, 6.45) is 4.32. The standard InChI is InChI=1S/C15H21N3/c1-15(2,3)12-6-4-11(5-7-12)13(16)10-14-17-8-9-18-14/h4-9,13H,10,16H2,1-3H3,(H,17,18). The van der Waals surface area contributed by atoms with E-state index >= 15 is 0 Å². The minimum absolute atomic E-state index is 0.00910. The molecule has 0 amide bonds. The van der Waals surface area contributed by atoms with Gasteiger partial charge in [0.15, 0.2) is 0 Å². The van der Waals surface area contributed by atoms with Crippen molar-refractivity contribution in [2.45, 2.75) is 38.6 Å². The lowest BCUT2D eigenvalue weighted by molar-refractivity contribution is 0.589. The topological polar surface area (TPSA) is 54.7 Å². The highest BCUT2D eigenvalue weighted by Crippen LogP contribution is 2.24. The molecular formula is C15H21N3. The molecule has 0 radical (unpaired) electrons. The molecule has 0 saturated carbocycles. The number of benzene rings is 1. The fourth-order valence-corrected chi connectivity index (χ4v) is 1.97. The molecule has 1 aromatic heterocycles. The van der Waals surface area contributed by atoms with E-state index in [0.29, 0.717) is 0 Å². The van der Waals surface area contributed by atoms with Crippen molar-refractivity contribution in [1.82, 2.24) is 9.97 Å². The van der Waals surface area contributed by atoms with Crippen LogP contribution in [0.4, 0.5) is 0 Å². The van der Waals surface area contributed by atoms with Crippen LogP contribution in [0.25, 0.3) is 0 Å². The normalized spacial score (nSPS) is 13.6. The third kappa shape index (κ3) is 2.99. The third-order valence-electron chi connectivity index (χ3n) is 3.17. The first-order chi connectivity index (χ1) is 8.47. The molecule has 0 fully saturated rings. The Labute approximate surface area is 108 Å². The van der Waals surface area contributed by atoms with Gasteiger partial charge >= 0.3 is 0 Å². The zero-order chi connectivity index (χ0) is 13.2. The van der Waals surface area contributed by atoms with E-state index in [9.17, 15) is 0 Å². The van der Waals surface area contributed by atoms with Crippen LogP contribution >= 0.6 is 0 Å². The predicted molar refractivity (Wildman–Crippen MR) is 74.4 cm³/mol. The number of hydrogen-bond acceptors (Lipinski definition) is 2. The zero-order valence-electron chi connectivity index (χ0n) is 11.3. The average molecular weight is 243 g/mol. The summed E-state index contributed by atoms with van der Waals surface area (Å²) in [5, 5.41) is 0. The van der Waals surface area contributed by atoms with Gasteiger partial charge in [0.2, 0.25) is 0 Å². The van der Waals surface area contributed by atoms with Crippen LogP contribution in [0.15, 0.2) is 36.7 Å². The van der Waals surface area contributed by atoms with Crippen molar-refractivity contribution in [3.8, 4) is 0 Å². The van der Waals surface area contributed by atoms with Crippen molar-refractivity contribution in [2.24, 2.45) is 5.73 Å². The number of nitrogens with zero attached hydrogens (tertiary/aromatic N) is 1. The maximum absolute atomic E-state index is 6.19. The quantitative estimate of drug-likeness (QED) is 0.870. The van der Waals surface area contributed by atoms with Crippen molar-refractivity contribution >= 4 is 0 Å². The highest BCUT2D eigenvalue weighted by atomic mass is 14.9. The summed E-state index contributed by atoms with van der Waals surface area (Å²) < 4.78 is 0. The van der Waals surface area contributed by atoms with Crippen LogP contribution in [0.3, 0.4) is 0 Å². The van der Waals surface area contributed by atoms with Crippen molar-refractivity contribution in [3.63, 3.8) is 0 Å². The van der Waals surface area contributed by atoms with E-state index in [0.717, 1.165) is 17.8 Å². The van der Waals surface area contributed by atoms with E-state index in [1.54, 1.807) is 6.20 Å². The van der Waals surface area contributed by atoms with E-state index in [2.05, 4.69) is 55.0 Å². The Morgan fingerprint density at radius 1 is 1.22 bits per heavy atom. The molecule has 1 atom stereocenters. The zero-order valence-corrected chi connectivity index (χ0v) is 11.3. The summed E-state index contributed by atoms with van der Waals surface area (Å²) in [4.78, 5) is 7.29. The van der Waals surface area contributed by atoms with Gasteiger partial charge < -0.3 is 10.7 Å². The number of nitrogens with two attached hydrogens (primary N) is 1. The Morgan fingerprint density at radius 2 is 1.89 bits per heavy atom. The molecule has 1 aromatic carbocycles. The van der Waals surface area contributed by atoms with Gasteiger partial charge in [0, 0.05) is 24.9 Å². The lowest BCUT2D eigenvalue weighted by Crippen LogP contribution is -2.15. The molecule has 0 spiro atoms. The summed E-state index contributed by atoms with van der Waals surface area (Å²) >= 11 is 0. The molecule has 3 heteroatoms. The van der Waals surface area contributed by atoms with E-state index < -0.39 is 0 Å². The van der Waals surface area contributed by atoms with Gasteiger partial charge in [0.05, 0.1) is 0 Å². The van der Waals surface area contributed by atoms with Crippen LogP contribution in [-0.4, -0.2) is 9.97 Å². The molecule has 0 saturated heterocycles. The molecule has 96 valence electrons. The molecule has 0 aliphatic heterocycles. The molecule has 3 N–H and O–H groups in total. The predicted octanol–water partition coefficient (Wildman–Crippen LogP) is 2.95. The largest absolute Gasteiger partial charge is 0.349 e. The Balaban J connectivity index is 2.10. The van der Waals surface area contributed by atoms with Gasteiger partial charge in [0.1, 0.15) is 5.82 Å². The number of nitrogens with one attached hydrogen (secondary N) is 1. The highest BCUT2D eigenvalue weighted by molar-refractivity contribution is 5.29. The van der Waals surface area contributed by atoms with Crippen molar-refractivity contribution in [1.29, 1.82) is 0 Å². The fraction of sp³-hybridized carbons (Fsp3) is 0.400. The fourth-order valence-electron chi connectivity index (χ4n) is 1.97. The van der Waals surface area contributed by atoms with Gasteiger partial charge in [-0.05, 0) is 16.5 Å². The van der Waals surface area contributed by atoms with Gasteiger partial charge in [-0.25, -0.2) is 4.98 Å². The van der Waals surface area contributed by atoms with Crippen molar-refractivity contribution in [3.05, 3.63) is 53.6 Å². The number of H-pyrrole nitrogens is 1. The number of aromatic amines is 1. The van der Waals surface area contributed by atoms with Gasteiger partial charge in [-0.1, -0.05) is 45.0 Å². The van der Waals surface area contributed by atoms with Crippen LogP contribution in [0, 0.1) is 0 Å². The van der Waals surface area contributed by atoms with Crippen LogP contribution in [0.1, 0.15) is 43.8 Å². The molecule has 18 heavy (non-hydrogen) atoms. The second-order valence-electron chi connectivity index (χ2n) is 5.72. The summed E-state index contributed by atoms with van der Waals surface area (Å²) in [6.45, 7) is 6.64. The van der Waals surface area contributed by atoms with Gasteiger partial charge in [-0.2, -0.15) is 0 Å². The second-order valence-corrected chi connectivity index (χ2v) is 5.72. The summed E-state index contributed by atoms with van der Waals surface area (Å²) in [6, 6.07) is 8.56. The molecule has 2 rings (SSSR count). The number of rotatable bonds is 3. The smallest absolute Gasteiger partial charge is 0.107 e. The summed E-state index contributed by atoms with van der Waals surface area (Å²) in [5.74, 6) is 0.933. The Bertz CT molecular complexity index is 477. The Hall–Kier alpha value is -1.61. The molecule has 2 aromatic rings. The molecule has 1 heterocycles. The van der Waals surface area contributed by atoms with E-state index in [4.69, 9.17) is 5.73 Å². The van der Waals surface area contributed by atoms with Crippen molar-refractivity contribution < 1.29 is 0 Å². The first-order valence-electron chi connectivity index (χ1n) is 6.31. The summed E-state index contributed by atoms with van der Waals surface area (Å²) in [7, 11) is 0. The monoisotopic (exact) mass is 243 g/mol. The van der Waals surface area contributed by atoms with Crippen LogP contribution < -0.4 is 5.73 Å². The SMILES string of the molecule is CC(C)(C)c1ccc(C(N)Cc2ncc[nH]2)cc1. The molecule has 0 bridgehead atoms. The molecule has 1 unspecified atom stereocenters. The van der Waals surface area contributed by atoms with Gasteiger partial charge in [-0.15, -0.1) is 0 Å². The second kappa shape index (κ2) is 4.94. The summed E-state index contributed by atoms with van der Waals surface area (Å²) in [5.41, 5.74) is 8.85. The lowest BCUT2D eigenvalue weighted by Gasteiger charge is -2.20. The van der Waals surface area contributed by atoms with Gasteiger partial charge in [-0.3, -0.25) is 0 Å². The molecule has 0 aliphatic carbocycles. The van der Waals surface area contributed by atoms with E-state index in [1.165, 1.54) is 5.56 Å². The van der Waals surface area contributed by atoms with Crippen LogP contribution in [0.5, 0.6) is 0 Å². The molecular weight excluding hydrogens is 222 g/mol. The van der Waals surface area contributed by atoms with Crippen LogP contribution in [0.2, 0.25) is 0 Å². The first-order valence-corrected chi connectivity index (χ1v) is 6.31. The molecule has 3 nitrogen and oxygen atoms in total. The third-order valence-corrected chi connectivity index (χ3v) is 3.17. The average Bonchev–Trinajstić information content (AvgIpc) is 2.81. The number of imidazole rings is 1. The van der Waals surface area contributed by atoms with E-state index in [1.807, 2.05) is 6.20 Å². The maximum Gasteiger partial charge on any atom is 0.107 e. The number of aromatic nitrogens is 2.